The highest BCUT2D eigenvalue weighted by atomic mass is 16.5. The highest BCUT2D eigenvalue weighted by Crippen LogP contribution is 2.30. The zero-order valence-corrected chi connectivity index (χ0v) is 17.2. The van der Waals surface area contributed by atoms with Crippen molar-refractivity contribution in [1.82, 2.24) is 15.1 Å². The van der Waals surface area contributed by atoms with E-state index in [0.717, 1.165) is 11.1 Å². The van der Waals surface area contributed by atoms with Gasteiger partial charge in [-0.2, -0.15) is 0 Å². The number of ether oxygens (including phenoxy) is 1. The minimum Gasteiger partial charge on any atom is -0.497 e. The van der Waals surface area contributed by atoms with E-state index >= 15 is 0 Å². The van der Waals surface area contributed by atoms with E-state index in [1.165, 1.54) is 4.90 Å². The molecular formula is C23H25N3O4. The summed E-state index contributed by atoms with van der Waals surface area (Å²) in [5.74, 6) is 0.158. The van der Waals surface area contributed by atoms with Crippen molar-refractivity contribution in [3.8, 4) is 5.75 Å². The lowest BCUT2D eigenvalue weighted by molar-refractivity contribution is -0.133. The number of piperidine rings is 1. The largest absolute Gasteiger partial charge is 0.497 e. The van der Waals surface area contributed by atoms with E-state index < -0.39 is 11.6 Å². The van der Waals surface area contributed by atoms with Gasteiger partial charge in [-0.3, -0.25) is 14.5 Å². The lowest BCUT2D eigenvalue weighted by Crippen LogP contribution is -2.59. The first kappa shape index (κ1) is 19.9. The third-order valence-corrected chi connectivity index (χ3v) is 5.80. The number of likely N-dealkylation sites (tertiary alicyclic amines) is 1. The molecule has 156 valence electrons. The van der Waals surface area contributed by atoms with Crippen molar-refractivity contribution in [2.75, 3.05) is 20.2 Å². The molecule has 0 aromatic heterocycles. The summed E-state index contributed by atoms with van der Waals surface area (Å²) >= 11 is 0. The predicted molar refractivity (Wildman–Crippen MR) is 111 cm³/mol. The van der Waals surface area contributed by atoms with Gasteiger partial charge >= 0.3 is 6.03 Å². The van der Waals surface area contributed by atoms with Crippen molar-refractivity contribution in [3.05, 3.63) is 65.2 Å². The third-order valence-electron chi connectivity index (χ3n) is 5.80. The Morgan fingerprint density at radius 3 is 2.67 bits per heavy atom. The van der Waals surface area contributed by atoms with Crippen LogP contribution in [0.2, 0.25) is 0 Å². The Labute approximate surface area is 175 Å². The number of nitrogens with zero attached hydrogens (tertiary/aromatic N) is 2. The van der Waals surface area contributed by atoms with Gasteiger partial charge < -0.3 is 15.0 Å². The minimum atomic E-state index is -1.06. The summed E-state index contributed by atoms with van der Waals surface area (Å²) in [4.78, 5) is 41.8. The van der Waals surface area contributed by atoms with E-state index in [0.29, 0.717) is 30.7 Å². The lowest BCUT2D eigenvalue weighted by Gasteiger charge is -2.38. The molecule has 4 amide bonds. The van der Waals surface area contributed by atoms with Gasteiger partial charge in [0.15, 0.2) is 0 Å². The molecular weight excluding hydrogens is 382 g/mol. The van der Waals surface area contributed by atoms with E-state index in [-0.39, 0.29) is 24.9 Å². The first-order valence-corrected chi connectivity index (χ1v) is 10.0. The molecule has 2 heterocycles. The summed E-state index contributed by atoms with van der Waals surface area (Å²) in [5.41, 5.74) is 1.45. The van der Waals surface area contributed by atoms with Gasteiger partial charge in [-0.05, 0) is 43.5 Å². The number of aryl methyl sites for hydroxylation is 1. The monoisotopic (exact) mass is 407 g/mol. The van der Waals surface area contributed by atoms with Gasteiger partial charge in [-0.25, -0.2) is 4.79 Å². The minimum absolute atomic E-state index is 0.165. The van der Waals surface area contributed by atoms with Crippen LogP contribution in [0.15, 0.2) is 48.5 Å². The topological polar surface area (TPSA) is 79.0 Å². The Morgan fingerprint density at radius 1 is 1.17 bits per heavy atom. The predicted octanol–water partition coefficient (Wildman–Crippen LogP) is 2.73. The third kappa shape index (κ3) is 3.63. The molecule has 0 bridgehead atoms. The molecule has 0 unspecified atom stereocenters. The van der Waals surface area contributed by atoms with Gasteiger partial charge in [0.25, 0.3) is 11.8 Å². The number of hydrogen-bond donors (Lipinski definition) is 1. The van der Waals surface area contributed by atoms with E-state index in [9.17, 15) is 14.4 Å². The van der Waals surface area contributed by atoms with Crippen molar-refractivity contribution in [2.45, 2.75) is 31.8 Å². The van der Waals surface area contributed by atoms with Crippen LogP contribution < -0.4 is 10.1 Å². The summed E-state index contributed by atoms with van der Waals surface area (Å²) < 4.78 is 5.21. The fourth-order valence-corrected chi connectivity index (χ4v) is 4.14. The Bertz CT molecular complexity index is 988. The Hall–Kier alpha value is -3.35. The van der Waals surface area contributed by atoms with Crippen molar-refractivity contribution in [3.63, 3.8) is 0 Å². The zero-order valence-electron chi connectivity index (χ0n) is 17.2. The Morgan fingerprint density at radius 2 is 1.93 bits per heavy atom. The zero-order chi connectivity index (χ0) is 21.3. The van der Waals surface area contributed by atoms with Crippen molar-refractivity contribution in [2.24, 2.45) is 0 Å². The van der Waals surface area contributed by atoms with Crippen LogP contribution in [0.25, 0.3) is 0 Å². The van der Waals surface area contributed by atoms with Crippen LogP contribution in [0.5, 0.6) is 5.75 Å². The first-order valence-electron chi connectivity index (χ1n) is 10.0. The summed E-state index contributed by atoms with van der Waals surface area (Å²) in [6.45, 7) is 2.91. The molecule has 2 aliphatic rings. The quantitative estimate of drug-likeness (QED) is 0.791. The summed E-state index contributed by atoms with van der Waals surface area (Å²) in [7, 11) is 1.55. The van der Waals surface area contributed by atoms with Gasteiger partial charge in [-0.1, -0.05) is 35.9 Å². The number of nitrogens with one attached hydrogen (secondary N) is 1. The molecule has 7 heteroatoms. The number of amides is 4. The number of rotatable bonds is 4. The maximum absolute atomic E-state index is 13.3. The van der Waals surface area contributed by atoms with E-state index in [1.807, 2.05) is 31.2 Å². The lowest BCUT2D eigenvalue weighted by atomic mass is 9.88. The van der Waals surface area contributed by atoms with Crippen LogP contribution in [0, 0.1) is 6.92 Å². The summed E-state index contributed by atoms with van der Waals surface area (Å²) in [5, 5.41) is 2.88. The standard InChI is InChI=1S/C23H25N3O4/c1-16-7-9-17(10-8-16)14-26-21(28)23(24-22(26)29)11-4-12-25(15-23)20(27)18-5-3-6-19(13-18)30-2/h3,5-10,13H,4,11-12,14-15H2,1-2H3,(H,24,29)/t23-/m0/s1. The van der Waals surface area contributed by atoms with Gasteiger partial charge in [-0.15, -0.1) is 0 Å². The van der Waals surface area contributed by atoms with Crippen LogP contribution in [0.3, 0.4) is 0 Å². The molecule has 1 atom stereocenters. The number of urea groups is 1. The van der Waals surface area contributed by atoms with Gasteiger partial charge in [0.2, 0.25) is 0 Å². The highest BCUT2D eigenvalue weighted by Gasteiger charge is 2.53. The molecule has 1 spiro atoms. The van der Waals surface area contributed by atoms with E-state index in [2.05, 4.69) is 5.32 Å². The first-order chi connectivity index (χ1) is 14.4. The van der Waals surface area contributed by atoms with Gasteiger partial charge in [0.05, 0.1) is 20.2 Å². The van der Waals surface area contributed by atoms with Crippen molar-refractivity contribution < 1.29 is 19.1 Å². The summed E-state index contributed by atoms with van der Waals surface area (Å²) in [6.07, 6.45) is 1.16. The highest BCUT2D eigenvalue weighted by molar-refractivity contribution is 6.07. The molecule has 30 heavy (non-hydrogen) atoms. The number of hydrogen-bond acceptors (Lipinski definition) is 4. The number of methoxy groups -OCH3 is 1. The second-order valence-corrected chi connectivity index (χ2v) is 7.95. The molecule has 0 saturated carbocycles. The van der Waals surface area contributed by atoms with Gasteiger partial charge in [0, 0.05) is 12.1 Å². The normalized spacial score (nSPS) is 21.1. The second kappa shape index (κ2) is 7.82. The molecule has 0 aliphatic carbocycles. The van der Waals surface area contributed by atoms with Crippen LogP contribution in [0.4, 0.5) is 4.79 Å². The van der Waals surface area contributed by atoms with E-state index in [1.54, 1.807) is 36.3 Å². The Balaban J connectivity index is 1.52. The molecule has 2 aromatic rings. The number of imide groups is 1. The number of benzene rings is 2. The van der Waals surface area contributed by atoms with Crippen LogP contribution in [-0.4, -0.2) is 53.4 Å². The molecule has 2 aromatic carbocycles. The molecule has 2 saturated heterocycles. The number of carbonyl (C=O) groups is 3. The number of carbonyl (C=O) groups excluding carboxylic acids is 3. The summed E-state index contributed by atoms with van der Waals surface area (Å²) in [6, 6.07) is 14.3. The molecule has 1 N–H and O–H groups in total. The smallest absolute Gasteiger partial charge is 0.325 e. The molecule has 2 fully saturated rings. The van der Waals surface area contributed by atoms with Crippen molar-refractivity contribution in [1.29, 1.82) is 0 Å². The second-order valence-electron chi connectivity index (χ2n) is 7.95. The van der Waals surface area contributed by atoms with Crippen LogP contribution >= 0.6 is 0 Å². The average molecular weight is 407 g/mol. The molecule has 7 nitrogen and oxygen atoms in total. The molecule has 0 radical (unpaired) electrons. The maximum Gasteiger partial charge on any atom is 0.325 e. The fourth-order valence-electron chi connectivity index (χ4n) is 4.14. The SMILES string of the molecule is COc1cccc(C(=O)N2CCC[C@@]3(C2)NC(=O)N(Cc2ccc(C)cc2)C3=O)c1. The fraction of sp³-hybridized carbons (Fsp3) is 0.348. The molecule has 4 rings (SSSR count). The maximum atomic E-state index is 13.3. The Kier molecular flexibility index (Phi) is 5.20. The van der Waals surface area contributed by atoms with Crippen molar-refractivity contribution >= 4 is 17.8 Å². The molecule has 2 aliphatic heterocycles. The average Bonchev–Trinajstić information content (AvgIpc) is 2.98. The van der Waals surface area contributed by atoms with E-state index in [4.69, 9.17) is 4.74 Å². The van der Waals surface area contributed by atoms with Gasteiger partial charge in [0.1, 0.15) is 11.3 Å². The van der Waals surface area contributed by atoms with Crippen LogP contribution in [-0.2, 0) is 11.3 Å². The van der Waals surface area contributed by atoms with Crippen LogP contribution in [0.1, 0.15) is 34.3 Å².